The molecule has 1 aliphatic carbocycles. The van der Waals surface area contributed by atoms with Crippen molar-refractivity contribution < 1.29 is 19.4 Å². The quantitative estimate of drug-likeness (QED) is 0.814. The van der Waals surface area contributed by atoms with Crippen LogP contribution >= 0.6 is 0 Å². The number of aliphatic carboxylic acids is 1. The maximum atomic E-state index is 12.2. The largest absolute Gasteiger partial charge is 0.481 e. The highest BCUT2D eigenvalue weighted by Crippen LogP contribution is 2.41. The van der Waals surface area contributed by atoms with Crippen molar-refractivity contribution in [3.05, 3.63) is 0 Å². The van der Waals surface area contributed by atoms with Gasteiger partial charge in [-0.15, -0.1) is 0 Å². The molecule has 6 heteroatoms. The average molecular weight is 266 g/mol. The standard InChI is InChI=1S/C13H18N2O4/c14-8-10-9-15(5-6-19-10)11(16)7-13(12(17)18)3-1-2-4-13/h10H,1-7,9H2,(H,17,18). The molecule has 1 unspecified atom stereocenters. The Hall–Kier alpha value is -1.61. The number of hydrogen-bond donors (Lipinski definition) is 1. The number of ether oxygens (including phenoxy) is 1. The van der Waals surface area contributed by atoms with Gasteiger partial charge in [0.25, 0.3) is 0 Å². The Morgan fingerprint density at radius 1 is 1.42 bits per heavy atom. The fourth-order valence-electron chi connectivity index (χ4n) is 2.87. The van der Waals surface area contributed by atoms with E-state index in [-0.39, 0.29) is 18.9 Å². The van der Waals surface area contributed by atoms with Crippen molar-refractivity contribution in [3.8, 4) is 6.07 Å². The number of carboxylic acid groups (broad SMARTS) is 1. The predicted octanol–water partition coefficient (Wildman–Crippen LogP) is 0.772. The van der Waals surface area contributed by atoms with Gasteiger partial charge in [0.05, 0.1) is 24.6 Å². The highest BCUT2D eigenvalue weighted by Gasteiger charge is 2.44. The number of nitriles is 1. The molecule has 1 aliphatic heterocycles. The van der Waals surface area contributed by atoms with Gasteiger partial charge in [-0.3, -0.25) is 9.59 Å². The number of nitrogens with zero attached hydrogens (tertiary/aromatic N) is 2. The number of morpholine rings is 1. The van der Waals surface area contributed by atoms with E-state index in [4.69, 9.17) is 10.00 Å². The lowest BCUT2D eigenvalue weighted by molar-refractivity contribution is -0.154. The van der Waals surface area contributed by atoms with Gasteiger partial charge >= 0.3 is 5.97 Å². The molecule has 1 atom stereocenters. The van der Waals surface area contributed by atoms with E-state index in [1.165, 1.54) is 0 Å². The summed E-state index contributed by atoms with van der Waals surface area (Å²) in [5.74, 6) is -1.05. The zero-order valence-corrected chi connectivity index (χ0v) is 10.8. The first-order chi connectivity index (χ1) is 9.07. The number of hydrogen-bond acceptors (Lipinski definition) is 4. The summed E-state index contributed by atoms with van der Waals surface area (Å²) in [5, 5.41) is 18.2. The Balaban J connectivity index is 2.00. The van der Waals surface area contributed by atoms with Crippen LogP contribution in [0.5, 0.6) is 0 Å². The lowest BCUT2D eigenvalue weighted by Crippen LogP contribution is -2.47. The van der Waals surface area contributed by atoms with E-state index in [1.54, 1.807) is 4.90 Å². The highest BCUT2D eigenvalue weighted by atomic mass is 16.5. The van der Waals surface area contributed by atoms with Gasteiger partial charge in [0.15, 0.2) is 6.10 Å². The first-order valence-corrected chi connectivity index (χ1v) is 6.60. The molecule has 1 saturated heterocycles. The second-order valence-electron chi connectivity index (χ2n) is 5.30. The Bertz CT molecular complexity index is 409. The van der Waals surface area contributed by atoms with Crippen LogP contribution in [-0.4, -0.2) is 47.7 Å². The second-order valence-corrected chi connectivity index (χ2v) is 5.30. The van der Waals surface area contributed by atoms with Crippen molar-refractivity contribution in [2.45, 2.75) is 38.2 Å². The molecule has 0 aromatic carbocycles. The number of amides is 1. The molecule has 1 saturated carbocycles. The minimum Gasteiger partial charge on any atom is -0.481 e. The Kier molecular flexibility index (Phi) is 4.05. The highest BCUT2D eigenvalue weighted by molar-refractivity contribution is 5.85. The summed E-state index contributed by atoms with van der Waals surface area (Å²) in [6.07, 6.45) is 2.32. The van der Waals surface area contributed by atoms with Crippen molar-refractivity contribution in [2.24, 2.45) is 5.41 Å². The number of carbonyl (C=O) groups is 2. The summed E-state index contributed by atoms with van der Waals surface area (Å²) in [6, 6.07) is 1.98. The Morgan fingerprint density at radius 3 is 2.68 bits per heavy atom. The maximum absolute atomic E-state index is 12.2. The summed E-state index contributed by atoms with van der Waals surface area (Å²) in [6.45, 7) is 1.02. The Morgan fingerprint density at radius 2 is 2.11 bits per heavy atom. The van der Waals surface area contributed by atoms with Crippen molar-refractivity contribution >= 4 is 11.9 Å². The molecular weight excluding hydrogens is 248 g/mol. The van der Waals surface area contributed by atoms with Crippen LogP contribution in [0, 0.1) is 16.7 Å². The number of rotatable bonds is 3. The van der Waals surface area contributed by atoms with Gasteiger partial charge in [-0.25, -0.2) is 0 Å². The van der Waals surface area contributed by atoms with E-state index < -0.39 is 17.5 Å². The summed E-state index contributed by atoms with van der Waals surface area (Å²) in [5.41, 5.74) is -0.891. The van der Waals surface area contributed by atoms with Crippen molar-refractivity contribution in [1.29, 1.82) is 5.26 Å². The molecule has 2 rings (SSSR count). The topological polar surface area (TPSA) is 90.6 Å². The molecule has 2 fully saturated rings. The van der Waals surface area contributed by atoms with Crippen molar-refractivity contribution in [3.63, 3.8) is 0 Å². The minimum absolute atomic E-state index is 0.0421. The van der Waals surface area contributed by atoms with Gasteiger partial charge < -0.3 is 14.7 Å². The van der Waals surface area contributed by atoms with E-state index in [0.717, 1.165) is 12.8 Å². The molecule has 6 nitrogen and oxygen atoms in total. The van der Waals surface area contributed by atoms with Gasteiger partial charge in [0.2, 0.25) is 5.91 Å². The van der Waals surface area contributed by atoms with E-state index in [0.29, 0.717) is 26.0 Å². The number of carbonyl (C=O) groups excluding carboxylic acids is 1. The van der Waals surface area contributed by atoms with E-state index >= 15 is 0 Å². The van der Waals surface area contributed by atoms with Gasteiger partial charge in [-0.2, -0.15) is 5.26 Å². The third kappa shape index (κ3) is 2.87. The first kappa shape index (κ1) is 13.8. The van der Waals surface area contributed by atoms with Crippen LogP contribution in [0.25, 0.3) is 0 Å². The van der Waals surface area contributed by atoms with E-state index in [9.17, 15) is 14.7 Å². The smallest absolute Gasteiger partial charge is 0.310 e. The monoisotopic (exact) mass is 266 g/mol. The van der Waals surface area contributed by atoms with Crippen LogP contribution in [0.4, 0.5) is 0 Å². The minimum atomic E-state index is -0.891. The van der Waals surface area contributed by atoms with Crippen molar-refractivity contribution in [2.75, 3.05) is 19.7 Å². The van der Waals surface area contributed by atoms with Crippen LogP contribution in [0.15, 0.2) is 0 Å². The van der Waals surface area contributed by atoms with Crippen LogP contribution in [-0.2, 0) is 14.3 Å². The van der Waals surface area contributed by atoms with Gasteiger partial charge in [0, 0.05) is 13.0 Å². The molecule has 2 aliphatic rings. The SMILES string of the molecule is N#CC1CN(C(=O)CC2(C(=O)O)CCCC2)CCO1. The van der Waals surface area contributed by atoms with Gasteiger partial charge in [-0.1, -0.05) is 12.8 Å². The zero-order chi connectivity index (χ0) is 13.9. The third-order valence-corrected chi connectivity index (χ3v) is 4.07. The molecule has 0 spiro atoms. The summed E-state index contributed by atoms with van der Waals surface area (Å²) in [4.78, 5) is 25.2. The van der Waals surface area contributed by atoms with Crippen LogP contribution in [0.2, 0.25) is 0 Å². The van der Waals surface area contributed by atoms with Crippen LogP contribution in [0.3, 0.4) is 0 Å². The fourth-order valence-corrected chi connectivity index (χ4v) is 2.87. The fraction of sp³-hybridized carbons (Fsp3) is 0.769. The molecule has 1 heterocycles. The van der Waals surface area contributed by atoms with Crippen LogP contribution in [0.1, 0.15) is 32.1 Å². The molecule has 104 valence electrons. The summed E-state index contributed by atoms with van der Waals surface area (Å²) < 4.78 is 5.18. The predicted molar refractivity (Wildman–Crippen MR) is 65.1 cm³/mol. The van der Waals surface area contributed by atoms with Gasteiger partial charge in [0.1, 0.15) is 0 Å². The molecule has 1 amide bonds. The molecule has 1 N–H and O–H groups in total. The zero-order valence-electron chi connectivity index (χ0n) is 10.8. The van der Waals surface area contributed by atoms with E-state index in [1.807, 2.05) is 6.07 Å². The average Bonchev–Trinajstić information content (AvgIpc) is 2.88. The summed E-state index contributed by atoms with van der Waals surface area (Å²) in [7, 11) is 0. The van der Waals surface area contributed by atoms with E-state index in [2.05, 4.69) is 0 Å². The lowest BCUT2D eigenvalue weighted by atomic mass is 9.82. The molecule has 0 aromatic rings. The third-order valence-electron chi connectivity index (χ3n) is 4.07. The molecule has 19 heavy (non-hydrogen) atoms. The number of carboxylic acids is 1. The maximum Gasteiger partial charge on any atom is 0.310 e. The molecule has 0 radical (unpaired) electrons. The molecular formula is C13H18N2O4. The first-order valence-electron chi connectivity index (χ1n) is 6.60. The summed E-state index contributed by atoms with van der Waals surface area (Å²) >= 11 is 0. The normalized spacial score (nSPS) is 25.8. The lowest BCUT2D eigenvalue weighted by Gasteiger charge is -2.32. The molecule has 0 aromatic heterocycles. The molecule has 0 bridgehead atoms. The second kappa shape index (κ2) is 5.57. The Labute approximate surface area is 111 Å². The van der Waals surface area contributed by atoms with Gasteiger partial charge in [-0.05, 0) is 12.8 Å². The van der Waals surface area contributed by atoms with Crippen molar-refractivity contribution in [1.82, 2.24) is 4.90 Å². The van der Waals surface area contributed by atoms with Crippen LogP contribution < -0.4 is 0 Å².